The van der Waals surface area contributed by atoms with Crippen molar-refractivity contribution in [3.63, 3.8) is 0 Å². The number of hydrogen-bond acceptors (Lipinski definition) is 9. The molecule has 2 heterocycles. The molecule has 3 aromatic carbocycles. The van der Waals surface area contributed by atoms with Crippen LogP contribution in [0.1, 0.15) is 29.7 Å². The van der Waals surface area contributed by atoms with E-state index in [1.54, 1.807) is 37.3 Å². The highest BCUT2D eigenvalue weighted by atomic mass is 79.9. The summed E-state index contributed by atoms with van der Waals surface area (Å²) in [4.78, 5) is 42.1. The minimum atomic E-state index is -0.690. The van der Waals surface area contributed by atoms with Crippen molar-refractivity contribution in [2.24, 2.45) is 4.99 Å². The highest BCUT2D eigenvalue weighted by Crippen LogP contribution is 2.35. The number of hydrogen-bond donors (Lipinski definition) is 0. The highest BCUT2D eigenvalue weighted by molar-refractivity contribution is 9.10. The molecule has 1 aliphatic heterocycles. The molecule has 1 aliphatic rings. The first-order valence-electron chi connectivity index (χ1n) is 12.6. The molecule has 0 spiro atoms. The van der Waals surface area contributed by atoms with Crippen molar-refractivity contribution < 1.29 is 23.9 Å². The van der Waals surface area contributed by atoms with Crippen LogP contribution in [-0.2, 0) is 16.1 Å². The maximum Gasteiger partial charge on any atom is 0.338 e. The Hall–Kier alpha value is -4.55. The molecule has 0 saturated heterocycles. The first-order chi connectivity index (χ1) is 20.2. The number of benzene rings is 3. The van der Waals surface area contributed by atoms with Gasteiger partial charge >= 0.3 is 5.97 Å². The van der Waals surface area contributed by atoms with Crippen LogP contribution in [-0.4, -0.2) is 29.7 Å². The Morgan fingerprint density at radius 3 is 2.48 bits per heavy atom. The molecule has 0 saturated carbocycles. The number of non-ortho nitro benzene ring substituents is 1. The van der Waals surface area contributed by atoms with Crippen LogP contribution < -0.4 is 24.4 Å². The van der Waals surface area contributed by atoms with E-state index >= 15 is 0 Å². The lowest BCUT2D eigenvalue weighted by Gasteiger charge is -2.24. The lowest BCUT2D eigenvalue weighted by Crippen LogP contribution is -2.39. The van der Waals surface area contributed by atoms with E-state index in [2.05, 4.69) is 20.9 Å². The number of aromatic nitrogens is 1. The topological polar surface area (TPSA) is 122 Å². The third-order valence-corrected chi connectivity index (χ3v) is 8.32. The van der Waals surface area contributed by atoms with Gasteiger partial charge in [-0.3, -0.25) is 19.5 Å². The first-order valence-corrected chi connectivity index (χ1v) is 14.2. The van der Waals surface area contributed by atoms with Gasteiger partial charge in [-0.15, -0.1) is 0 Å². The van der Waals surface area contributed by atoms with Gasteiger partial charge in [0.1, 0.15) is 6.61 Å². The van der Waals surface area contributed by atoms with E-state index in [-0.39, 0.29) is 17.9 Å². The number of nitro groups is 1. The standard InChI is InChI=1S/C30H24BrN3O7S/c1-17-26(29(36)40-3)27(19-7-5-4-6-8-19)33-28(35)25(42-30(33)32-17)14-20-13-23(39-2)24(15-22(20)31)41-16-18-9-11-21(12-10-18)34(37)38/h4-15,27H,16H2,1-3H3. The predicted octanol–water partition coefficient (Wildman–Crippen LogP) is 4.67. The van der Waals surface area contributed by atoms with E-state index in [4.69, 9.17) is 14.2 Å². The van der Waals surface area contributed by atoms with E-state index in [0.29, 0.717) is 42.1 Å². The number of thiazole rings is 1. The van der Waals surface area contributed by atoms with Crippen molar-refractivity contribution in [3.8, 4) is 11.5 Å². The number of allylic oxidation sites excluding steroid dienone is 1. The van der Waals surface area contributed by atoms with E-state index in [1.165, 1.54) is 42.3 Å². The number of rotatable bonds is 8. The normalized spacial score (nSPS) is 14.7. The molecule has 5 rings (SSSR count). The Morgan fingerprint density at radius 2 is 1.83 bits per heavy atom. The maximum absolute atomic E-state index is 13.8. The summed E-state index contributed by atoms with van der Waals surface area (Å²) in [5.41, 5.74) is 2.67. The zero-order valence-corrected chi connectivity index (χ0v) is 25.1. The van der Waals surface area contributed by atoms with Gasteiger partial charge in [-0.1, -0.05) is 57.6 Å². The van der Waals surface area contributed by atoms with Crippen molar-refractivity contribution in [1.82, 2.24) is 4.57 Å². The van der Waals surface area contributed by atoms with Crippen molar-refractivity contribution in [2.45, 2.75) is 19.6 Å². The van der Waals surface area contributed by atoms with E-state index in [9.17, 15) is 19.7 Å². The summed E-state index contributed by atoms with van der Waals surface area (Å²) in [5.74, 6) is 0.338. The molecule has 0 aliphatic carbocycles. The Labute approximate surface area is 252 Å². The fourth-order valence-corrected chi connectivity index (χ4v) is 6.07. The van der Waals surface area contributed by atoms with Crippen LogP contribution in [0.5, 0.6) is 11.5 Å². The molecular weight excluding hydrogens is 626 g/mol. The molecular formula is C30H24BrN3O7S. The van der Waals surface area contributed by atoms with Gasteiger partial charge in [0.05, 0.1) is 41.0 Å². The second-order valence-electron chi connectivity index (χ2n) is 9.22. The molecule has 42 heavy (non-hydrogen) atoms. The first kappa shape index (κ1) is 29.0. The van der Waals surface area contributed by atoms with E-state index in [1.807, 2.05) is 30.3 Å². The Morgan fingerprint density at radius 1 is 1.12 bits per heavy atom. The van der Waals surface area contributed by atoms with Crippen LogP contribution in [0, 0.1) is 10.1 Å². The second-order valence-corrected chi connectivity index (χ2v) is 11.1. The number of esters is 1. The van der Waals surface area contributed by atoms with Crippen molar-refractivity contribution in [3.05, 3.63) is 129 Å². The summed E-state index contributed by atoms with van der Waals surface area (Å²) >= 11 is 4.79. The molecule has 214 valence electrons. The number of carbonyl (C=O) groups is 1. The Kier molecular flexibility index (Phi) is 8.36. The zero-order valence-electron chi connectivity index (χ0n) is 22.7. The van der Waals surface area contributed by atoms with Gasteiger partial charge in [0.25, 0.3) is 11.2 Å². The second kappa shape index (κ2) is 12.1. The minimum Gasteiger partial charge on any atom is -0.493 e. The van der Waals surface area contributed by atoms with Crippen LogP contribution in [0.4, 0.5) is 5.69 Å². The molecule has 0 bridgehead atoms. The molecule has 0 amide bonds. The lowest BCUT2D eigenvalue weighted by molar-refractivity contribution is -0.384. The number of methoxy groups -OCH3 is 2. The zero-order chi connectivity index (χ0) is 30.0. The summed E-state index contributed by atoms with van der Waals surface area (Å²) in [7, 11) is 2.82. The fourth-order valence-electron chi connectivity index (χ4n) is 4.59. The number of carbonyl (C=O) groups excluding carboxylic acids is 1. The highest BCUT2D eigenvalue weighted by Gasteiger charge is 2.33. The third-order valence-electron chi connectivity index (χ3n) is 6.65. The van der Waals surface area contributed by atoms with Crippen molar-refractivity contribution in [1.29, 1.82) is 0 Å². The Balaban J connectivity index is 1.53. The van der Waals surface area contributed by atoms with E-state index in [0.717, 1.165) is 11.1 Å². The molecule has 1 unspecified atom stereocenters. The summed E-state index contributed by atoms with van der Waals surface area (Å²) in [6.45, 7) is 1.90. The van der Waals surface area contributed by atoms with Crippen LogP contribution in [0.15, 0.2) is 92.3 Å². The minimum absolute atomic E-state index is 0.000443. The summed E-state index contributed by atoms with van der Waals surface area (Å²) in [6.07, 6.45) is 1.73. The summed E-state index contributed by atoms with van der Waals surface area (Å²) in [6, 6.07) is 18.2. The van der Waals surface area contributed by atoms with E-state index < -0.39 is 16.9 Å². The predicted molar refractivity (Wildman–Crippen MR) is 160 cm³/mol. The number of nitro benzene ring substituents is 1. The van der Waals surface area contributed by atoms with Gasteiger partial charge in [-0.2, -0.15) is 0 Å². The van der Waals surface area contributed by atoms with Gasteiger partial charge < -0.3 is 14.2 Å². The fraction of sp³-hybridized carbons (Fsp3) is 0.167. The third kappa shape index (κ3) is 5.63. The van der Waals surface area contributed by atoms with Crippen molar-refractivity contribution >= 4 is 45.0 Å². The quantitative estimate of drug-likeness (QED) is 0.154. The average Bonchev–Trinajstić information content (AvgIpc) is 3.30. The average molecular weight is 651 g/mol. The maximum atomic E-state index is 13.8. The molecule has 1 aromatic heterocycles. The molecule has 4 aromatic rings. The van der Waals surface area contributed by atoms with Gasteiger partial charge in [0.15, 0.2) is 16.3 Å². The molecule has 12 heteroatoms. The van der Waals surface area contributed by atoms with Gasteiger partial charge in [-0.25, -0.2) is 9.79 Å². The van der Waals surface area contributed by atoms with Crippen LogP contribution in [0.25, 0.3) is 6.08 Å². The van der Waals surface area contributed by atoms with Gasteiger partial charge in [0, 0.05) is 16.6 Å². The number of ether oxygens (including phenoxy) is 3. The van der Waals surface area contributed by atoms with Gasteiger partial charge in [-0.05, 0) is 54.0 Å². The van der Waals surface area contributed by atoms with Gasteiger partial charge in [0.2, 0.25) is 0 Å². The monoisotopic (exact) mass is 649 g/mol. The number of fused-ring (bicyclic) bond motifs is 1. The van der Waals surface area contributed by atoms with Crippen LogP contribution in [0.2, 0.25) is 0 Å². The van der Waals surface area contributed by atoms with Crippen LogP contribution in [0.3, 0.4) is 0 Å². The largest absolute Gasteiger partial charge is 0.493 e. The molecule has 10 nitrogen and oxygen atoms in total. The summed E-state index contributed by atoms with van der Waals surface area (Å²) in [5, 5.41) is 10.9. The molecule has 1 atom stereocenters. The smallest absolute Gasteiger partial charge is 0.338 e. The SMILES string of the molecule is COC(=O)C1=C(C)N=c2sc(=Cc3cc(OC)c(OCc4ccc([N+](=O)[O-])cc4)cc3Br)c(=O)n2C1c1ccccc1. The number of halogens is 1. The van der Waals surface area contributed by atoms with Crippen molar-refractivity contribution in [2.75, 3.05) is 14.2 Å². The number of nitrogens with zero attached hydrogens (tertiary/aromatic N) is 3. The van der Waals surface area contributed by atoms with Crippen LogP contribution >= 0.6 is 27.3 Å². The Bertz CT molecular complexity index is 1900. The molecule has 0 radical (unpaired) electrons. The summed E-state index contributed by atoms with van der Waals surface area (Å²) < 4.78 is 19.1. The molecule has 0 N–H and O–H groups in total. The molecule has 0 fully saturated rings. The lowest BCUT2D eigenvalue weighted by atomic mass is 9.96.